The maximum Gasteiger partial charge on any atom is 0.334 e. The summed E-state index contributed by atoms with van der Waals surface area (Å²) in [6, 6.07) is 0. The number of aliphatic hydroxyl groups excluding tert-OH is 1. The topological polar surface area (TPSA) is 85.2 Å². The van der Waals surface area contributed by atoms with Gasteiger partial charge >= 0.3 is 5.97 Å². The molecule has 28 heavy (non-hydrogen) atoms. The van der Waals surface area contributed by atoms with Crippen LogP contribution < -0.4 is 0 Å². The Labute approximate surface area is 168 Å². The molecule has 0 aromatic heterocycles. The molecular formula is C22H34O6. The molecule has 4 unspecified atom stereocenters. The summed E-state index contributed by atoms with van der Waals surface area (Å²) in [6.45, 7) is 16.2. The van der Waals surface area contributed by atoms with Crippen molar-refractivity contribution in [3.05, 3.63) is 48.8 Å². The molecule has 0 bridgehead atoms. The highest BCUT2D eigenvalue weighted by Crippen LogP contribution is 2.27. The summed E-state index contributed by atoms with van der Waals surface area (Å²) in [7, 11) is 0. The minimum Gasteiger partial charge on any atom is -0.508 e. The Morgan fingerprint density at radius 1 is 1.36 bits per heavy atom. The molecule has 0 aliphatic carbocycles. The number of carbonyl (C=O) groups is 1. The standard InChI is InChI=1S/C22H34O6/c1-8-21(6,25)13-11-12-15(4)20(24)27-19-16(5)26-18(14-17(19)23)28-22(7,9-2)10-3/h8-9,12,14,16,18-19,23,25H,1-2,10-11,13H2,3-7H3/b15-12+/t16?,18?,19?,21?,22-/m1/s1. The smallest absolute Gasteiger partial charge is 0.334 e. The van der Waals surface area contributed by atoms with Gasteiger partial charge in [0, 0.05) is 11.6 Å². The number of carbonyl (C=O) groups excluding carboxylic acids is 1. The number of aliphatic hydroxyl groups is 2. The summed E-state index contributed by atoms with van der Waals surface area (Å²) in [4.78, 5) is 12.3. The molecule has 6 nitrogen and oxygen atoms in total. The van der Waals surface area contributed by atoms with Gasteiger partial charge in [-0.2, -0.15) is 0 Å². The number of allylic oxidation sites excluding steroid dienone is 1. The van der Waals surface area contributed by atoms with Crippen molar-refractivity contribution in [2.24, 2.45) is 0 Å². The Morgan fingerprint density at radius 3 is 2.50 bits per heavy atom. The maximum atomic E-state index is 12.3. The average Bonchev–Trinajstić information content (AvgIpc) is 2.64. The zero-order chi connectivity index (χ0) is 21.5. The third kappa shape index (κ3) is 6.93. The van der Waals surface area contributed by atoms with Crippen LogP contribution in [0.5, 0.6) is 0 Å². The normalized spacial score (nSPS) is 27.1. The van der Waals surface area contributed by atoms with Crippen molar-refractivity contribution in [1.29, 1.82) is 0 Å². The Morgan fingerprint density at radius 2 is 2.00 bits per heavy atom. The average molecular weight is 395 g/mol. The lowest BCUT2D eigenvalue weighted by Crippen LogP contribution is -2.43. The van der Waals surface area contributed by atoms with Gasteiger partial charge in [-0.3, -0.25) is 0 Å². The first kappa shape index (κ1) is 24.1. The van der Waals surface area contributed by atoms with Crippen LogP contribution in [0.4, 0.5) is 0 Å². The molecule has 0 saturated heterocycles. The molecule has 0 aromatic rings. The maximum absolute atomic E-state index is 12.3. The van der Waals surface area contributed by atoms with E-state index in [4.69, 9.17) is 14.2 Å². The summed E-state index contributed by atoms with van der Waals surface area (Å²) < 4.78 is 17.0. The fourth-order valence-electron chi connectivity index (χ4n) is 2.53. The third-order valence-electron chi connectivity index (χ3n) is 4.99. The van der Waals surface area contributed by atoms with E-state index in [1.54, 1.807) is 32.9 Å². The first-order valence-electron chi connectivity index (χ1n) is 9.58. The van der Waals surface area contributed by atoms with Crippen molar-refractivity contribution in [2.75, 3.05) is 0 Å². The van der Waals surface area contributed by atoms with Crippen LogP contribution in [0, 0.1) is 0 Å². The molecule has 0 fully saturated rings. The molecule has 0 radical (unpaired) electrons. The van der Waals surface area contributed by atoms with Gasteiger partial charge in [-0.25, -0.2) is 4.79 Å². The Bertz CT molecular complexity index is 633. The summed E-state index contributed by atoms with van der Waals surface area (Å²) in [6.07, 6.45) is 5.62. The minimum atomic E-state index is -0.985. The Kier molecular flexibility index (Phi) is 8.67. The Balaban J connectivity index is 2.73. The summed E-state index contributed by atoms with van der Waals surface area (Å²) in [5.41, 5.74) is -1.18. The predicted molar refractivity (Wildman–Crippen MR) is 109 cm³/mol. The minimum absolute atomic E-state index is 0.109. The van der Waals surface area contributed by atoms with E-state index >= 15 is 0 Å². The summed E-state index contributed by atoms with van der Waals surface area (Å²) in [5.74, 6) is -0.662. The van der Waals surface area contributed by atoms with Gasteiger partial charge in [0.1, 0.15) is 11.9 Å². The highest BCUT2D eigenvalue weighted by atomic mass is 16.7. The van der Waals surface area contributed by atoms with Gasteiger partial charge in [-0.1, -0.05) is 25.2 Å². The molecule has 1 rings (SSSR count). The lowest BCUT2D eigenvalue weighted by atomic mass is 10.00. The van der Waals surface area contributed by atoms with Gasteiger partial charge in [0.05, 0.1) is 11.2 Å². The predicted octanol–water partition coefficient (Wildman–Crippen LogP) is 4.12. The van der Waals surface area contributed by atoms with Gasteiger partial charge in [0.2, 0.25) is 0 Å². The van der Waals surface area contributed by atoms with E-state index in [-0.39, 0.29) is 5.76 Å². The van der Waals surface area contributed by atoms with E-state index in [0.29, 0.717) is 24.8 Å². The van der Waals surface area contributed by atoms with Crippen molar-refractivity contribution in [1.82, 2.24) is 0 Å². The van der Waals surface area contributed by atoms with Crippen LogP contribution in [0.25, 0.3) is 0 Å². The molecule has 0 amide bonds. The van der Waals surface area contributed by atoms with Gasteiger partial charge in [0.15, 0.2) is 12.4 Å². The first-order chi connectivity index (χ1) is 13.0. The first-order valence-corrected chi connectivity index (χ1v) is 9.58. The van der Waals surface area contributed by atoms with E-state index in [2.05, 4.69) is 13.2 Å². The van der Waals surface area contributed by atoms with E-state index in [1.165, 1.54) is 12.2 Å². The molecule has 158 valence electrons. The lowest BCUT2D eigenvalue weighted by molar-refractivity contribution is -0.215. The third-order valence-corrected chi connectivity index (χ3v) is 4.99. The zero-order valence-electron chi connectivity index (χ0n) is 17.6. The van der Waals surface area contributed by atoms with E-state index in [9.17, 15) is 15.0 Å². The van der Waals surface area contributed by atoms with Crippen LogP contribution in [0.3, 0.4) is 0 Å². The van der Waals surface area contributed by atoms with Crippen molar-refractivity contribution in [2.45, 2.75) is 83.6 Å². The van der Waals surface area contributed by atoms with Crippen molar-refractivity contribution < 1.29 is 29.2 Å². The van der Waals surface area contributed by atoms with Crippen molar-refractivity contribution >= 4 is 5.97 Å². The van der Waals surface area contributed by atoms with E-state index < -0.39 is 35.7 Å². The van der Waals surface area contributed by atoms with Crippen LogP contribution >= 0.6 is 0 Å². The number of esters is 1. The molecule has 1 aliphatic heterocycles. The molecular weight excluding hydrogens is 360 g/mol. The molecule has 6 heteroatoms. The van der Waals surface area contributed by atoms with Crippen LogP contribution in [-0.2, 0) is 19.0 Å². The fraction of sp³-hybridized carbons (Fsp3) is 0.591. The van der Waals surface area contributed by atoms with Crippen LogP contribution in [0.2, 0.25) is 0 Å². The largest absolute Gasteiger partial charge is 0.508 e. The van der Waals surface area contributed by atoms with Crippen LogP contribution in [0.15, 0.2) is 48.8 Å². The van der Waals surface area contributed by atoms with E-state index in [1.807, 2.05) is 13.8 Å². The molecule has 1 heterocycles. The monoisotopic (exact) mass is 394 g/mol. The molecule has 0 spiro atoms. The zero-order valence-corrected chi connectivity index (χ0v) is 17.6. The fourth-order valence-corrected chi connectivity index (χ4v) is 2.53. The molecule has 0 aromatic carbocycles. The molecule has 5 atom stereocenters. The summed E-state index contributed by atoms with van der Waals surface area (Å²) in [5, 5.41) is 20.2. The van der Waals surface area contributed by atoms with Crippen LogP contribution in [-0.4, -0.2) is 45.9 Å². The molecule has 0 saturated carbocycles. The SMILES string of the molecule is C=CC(C)(O)CC/C=C(\C)C(=O)OC1C(O)=CC(O[C@](C)(C=C)CC)OC1C. The second-order valence-electron chi connectivity index (χ2n) is 7.60. The number of hydrogen-bond acceptors (Lipinski definition) is 6. The second-order valence-corrected chi connectivity index (χ2v) is 7.60. The lowest BCUT2D eigenvalue weighted by Gasteiger charge is -2.35. The van der Waals surface area contributed by atoms with Crippen LogP contribution in [0.1, 0.15) is 53.9 Å². The van der Waals surface area contributed by atoms with Gasteiger partial charge in [0.25, 0.3) is 0 Å². The highest BCUT2D eigenvalue weighted by Gasteiger charge is 2.36. The van der Waals surface area contributed by atoms with Crippen molar-refractivity contribution in [3.63, 3.8) is 0 Å². The number of ether oxygens (including phenoxy) is 3. The quantitative estimate of drug-likeness (QED) is 0.329. The summed E-state index contributed by atoms with van der Waals surface area (Å²) >= 11 is 0. The number of rotatable bonds is 10. The van der Waals surface area contributed by atoms with Gasteiger partial charge in [-0.15, -0.1) is 13.2 Å². The Hall–Kier alpha value is -1.89. The van der Waals surface area contributed by atoms with Crippen molar-refractivity contribution in [3.8, 4) is 0 Å². The van der Waals surface area contributed by atoms with Gasteiger partial charge < -0.3 is 24.4 Å². The van der Waals surface area contributed by atoms with E-state index in [0.717, 1.165) is 0 Å². The second kappa shape index (κ2) is 10.0. The highest BCUT2D eigenvalue weighted by molar-refractivity contribution is 5.88. The number of hydrogen-bond donors (Lipinski definition) is 2. The van der Waals surface area contributed by atoms with Gasteiger partial charge in [-0.05, 0) is 47.0 Å². The molecule has 2 N–H and O–H groups in total. The molecule has 1 aliphatic rings.